The van der Waals surface area contributed by atoms with Crippen molar-refractivity contribution in [3.05, 3.63) is 77.9 Å². The monoisotopic (exact) mass is 504 g/mol. The molecule has 1 aliphatic heterocycles. The molecule has 1 aliphatic rings. The molecule has 3 aromatic rings. The molecule has 0 saturated carbocycles. The zero-order chi connectivity index (χ0) is 26.0. The Bertz CT molecular complexity index is 1330. The van der Waals surface area contributed by atoms with Gasteiger partial charge in [0, 0.05) is 23.9 Å². The molecule has 4 rings (SSSR count). The molecule has 190 valence electrons. The minimum Gasteiger partial charge on any atom is -0.497 e. The van der Waals surface area contributed by atoms with Crippen molar-refractivity contribution in [3.8, 4) is 23.0 Å². The van der Waals surface area contributed by atoms with E-state index in [9.17, 15) is 14.4 Å². The highest BCUT2D eigenvalue weighted by Crippen LogP contribution is 2.32. The molecule has 37 heavy (non-hydrogen) atoms. The van der Waals surface area contributed by atoms with Crippen LogP contribution >= 0.6 is 0 Å². The summed E-state index contributed by atoms with van der Waals surface area (Å²) in [5, 5.41) is 9.06. The molecule has 0 spiro atoms. The molecular formula is C26H24N4O7. The van der Waals surface area contributed by atoms with Crippen molar-refractivity contribution < 1.29 is 33.3 Å². The number of carbonyl (C=O) groups is 3. The second-order valence-electron chi connectivity index (χ2n) is 7.68. The van der Waals surface area contributed by atoms with Gasteiger partial charge in [0.2, 0.25) is 6.79 Å². The Morgan fingerprint density at radius 1 is 0.973 bits per heavy atom. The lowest BCUT2D eigenvalue weighted by Gasteiger charge is -2.10. The predicted octanol–water partition coefficient (Wildman–Crippen LogP) is 2.21. The fourth-order valence-corrected chi connectivity index (χ4v) is 3.28. The van der Waals surface area contributed by atoms with E-state index in [1.54, 1.807) is 73.8 Å². The number of benzene rings is 3. The Balaban J connectivity index is 1.25. The van der Waals surface area contributed by atoms with Crippen LogP contribution in [0.1, 0.15) is 11.1 Å². The number of fused-ring (bicyclic) bond motifs is 1. The number of ether oxygens (including phenoxy) is 4. The molecule has 0 aromatic heterocycles. The maximum absolute atomic E-state index is 12.3. The summed E-state index contributed by atoms with van der Waals surface area (Å²) in [6, 6.07) is 19.0. The number of nitrogens with one attached hydrogen (secondary N) is 3. The van der Waals surface area contributed by atoms with E-state index < -0.39 is 11.8 Å². The highest BCUT2D eigenvalue weighted by Gasteiger charge is 2.15. The normalized spacial score (nSPS) is 11.6. The summed E-state index contributed by atoms with van der Waals surface area (Å²) in [5.41, 5.74) is 3.99. The summed E-state index contributed by atoms with van der Waals surface area (Å²) in [5.74, 6) is 0.0370. The molecule has 0 saturated heterocycles. The van der Waals surface area contributed by atoms with Gasteiger partial charge in [0.25, 0.3) is 5.91 Å². The maximum Gasteiger partial charge on any atom is 0.329 e. The van der Waals surface area contributed by atoms with Crippen LogP contribution in [-0.2, 0) is 20.9 Å². The van der Waals surface area contributed by atoms with E-state index in [1.165, 1.54) is 6.21 Å². The van der Waals surface area contributed by atoms with E-state index in [0.717, 1.165) is 5.56 Å². The summed E-state index contributed by atoms with van der Waals surface area (Å²) in [6.45, 7) is 0.0219. The predicted molar refractivity (Wildman–Crippen MR) is 134 cm³/mol. The number of hydrogen-bond acceptors (Lipinski definition) is 8. The zero-order valence-corrected chi connectivity index (χ0v) is 19.9. The molecule has 0 bridgehead atoms. The van der Waals surface area contributed by atoms with Crippen molar-refractivity contribution in [2.45, 2.75) is 6.54 Å². The number of rotatable bonds is 9. The van der Waals surface area contributed by atoms with Crippen LogP contribution in [0, 0.1) is 0 Å². The van der Waals surface area contributed by atoms with Crippen LogP contribution in [0.15, 0.2) is 71.8 Å². The number of anilines is 1. The molecule has 11 nitrogen and oxygen atoms in total. The van der Waals surface area contributed by atoms with Crippen LogP contribution in [0.5, 0.6) is 23.0 Å². The van der Waals surface area contributed by atoms with Crippen molar-refractivity contribution in [2.24, 2.45) is 5.10 Å². The maximum atomic E-state index is 12.3. The number of methoxy groups -OCH3 is 1. The first-order valence-electron chi connectivity index (χ1n) is 11.2. The molecule has 0 atom stereocenters. The lowest BCUT2D eigenvalue weighted by molar-refractivity contribution is -0.139. The quantitative estimate of drug-likeness (QED) is 0.231. The number of para-hydroxylation sites is 1. The van der Waals surface area contributed by atoms with E-state index >= 15 is 0 Å². The van der Waals surface area contributed by atoms with E-state index in [0.29, 0.717) is 34.2 Å². The van der Waals surface area contributed by atoms with Gasteiger partial charge in [0.1, 0.15) is 11.5 Å². The number of hydrazone groups is 1. The standard InChI is InChI=1S/C26H24N4O7/c1-34-20-7-4-6-19(12-20)29-24(31)15-35-21-8-3-2-5-18(21)14-28-30-26(33)25(32)27-13-17-9-10-22-23(11-17)37-16-36-22/h2-12,14H,13,15-16H2,1H3,(H,27,32)(H,29,31)(H,30,33)/b28-14+. The van der Waals surface area contributed by atoms with Crippen molar-refractivity contribution in [2.75, 3.05) is 25.8 Å². The van der Waals surface area contributed by atoms with Crippen molar-refractivity contribution in [1.82, 2.24) is 10.7 Å². The van der Waals surface area contributed by atoms with Crippen molar-refractivity contribution in [3.63, 3.8) is 0 Å². The van der Waals surface area contributed by atoms with Crippen LogP contribution in [-0.4, -0.2) is 44.4 Å². The summed E-state index contributed by atoms with van der Waals surface area (Å²) in [7, 11) is 1.54. The minimum absolute atomic E-state index is 0.126. The molecule has 3 aromatic carbocycles. The highest BCUT2D eigenvalue weighted by atomic mass is 16.7. The first-order chi connectivity index (χ1) is 18.0. The molecule has 11 heteroatoms. The Morgan fingerprint density at radius 3 is 2.68 bits per heavy atom. The second kappa shape index (κ2) is 12.1. The van der Waals surface area contributed by atoms with Crippen LogP contribution in [0.4, 0.5) is 5.69 Å². The number of carbonyl (C=O) groups excluding carboxylic acids is 3. The van der Waals surface area contributed by atoms with Gasteiger partial charge in [-0.3, -0.25) is 14.4 Å². The summed E-state index contributed by atoms with van der Waals surface area (Å²) < 4.78 is 21.3. The molecule has 0 radical (unpaired) electrons. The molecule has 0 unspecified atom stereocenters. The molecule has 1 heterocycles. The number of nitrogens with zero attached hydrogens (tertiary/aromatic N) is 1. The van der Waals surface area contributed by atoms with Gasteiger partial charge in [-0.25, -0.2) is 5.43 Å². The Hall–Kier alpha value is -5.06. The lowest BCUT2D eigenvalue weighted by atomic mass is 10.2. The van der Waals surface area contributed by atoms with Gasteiger partial charge in [-0.05, 0) is 42.0 Å². The van der Waals surface area contributed by atoms with Gasteiger partial charge < -0.3 is 29.6 Å². The summed E-state index contributed by atoms with van der Waals surface area (Å²) in [4.78, 5) is 36.5. The van der Waals surface area contributed by atoms with E-state index in [1.807, 2.05) is 0 Å². The van der Waals surface area contributed by atoms with Crippen molar-refractivity contribution >= 4 is 29.6 Å². The fourth-order valence-electron chi connectivity index (χ4n) is 3.28. The summed E-state index contributed by atoms with van der Waals surface area (Å²) in [6.07, 6.45) is 1.32. The molecule has 0 aliphatic carbocycles. The number of amides is 3. The first kappa shape index (κ1) is 25.0. The third kappa shape index (κ3) is 6.98. The first-order valence-corrected chi connectivity index (χ1v) is 11.2. The smallest absolute Gasteiger partial charge is 0.329 e. The van der Waals surface area contributed by atoms with Gasteiger partial charge in [-0.15, -0.1) is 0 Å². The van der Waals surface area contributed by atoms with Crippen LogP contribution in [0.3, 0.4) is 0 Å². The van der Waals surface area contributed by atoms with Crippen LogP contribution in [0.25, 0.3) is 0 Å². The largest absolute Gasteiger partial charge is 0.497 e. The Labute approximate surface area is 212 Å². The van der Waals surface area contributed by atoms with Gasteiger partial charge >= 0.3 is 11.8 Å². The highest BCUT2D eigenvalue weighted by molar-refractivity contribution is 6.35. The second-order valence-corrected chi connectivity index (χ2v) is 7.68. The fraction of sp³-hybridized carbons (Fsp3) is 0.154. The average molecular weight is 504 g/mol. The minimum atomic E-state index is -0.937. The number of hydrogen-bond donors (Lipinski definition) is 3. The van der Waals surface area contributed by atoms with Gasteiger partial charge in [0.15, 0.2) is 18.1 Å². The molecule has 0 fully saturated rings. The van der Waals surface area contributed by atoms with E-state index in [-0.39, 0.29) is 25.9 Å². The van der Waals surface area contributed by atoms with Crippen molar-refractivity contribution in [1.29, 1.82) is 0 Å². The van der Waals surface area contributed by atoms with E-state index in [4.69, 9.17) is 18.9 Å². The average Bonchev–Trinajstić information content (AvgIpc) is 3.39. The third-order valence-corrected chi connectivity index (χ3v) is 5.10. The lowest BCUT2D eigenvalue weighted by Crippen LogP contribution is -2.37. The SMILES string of the molecule is COc1cccc(NC(=O)COc2ccccc2/C=N/NC(=O)C(=O)NCc2ccc3c(c2)OCO3)c1. The van der Waals surface area contributed by atoms with Gasteiger partial charge in [-0.1, -0.05) is 24.3 Å². The molecule has 3 amide bonds. The molecule has 3 N–H and O–H groups in total. The topological polar surface area (TPSA) is 137 Å². The summed E-state index contributed by atoms with van der Waals surface area (Å²) >= 11 is 0. The van der Waals surface area contributed by atoms with Crippen LogP contribution in [0.2, 0.25) is 0 Å². The van der Waals surface area contributed by atoms with Gasteiger partial charge in [-0.2, -0.15) is 5.10 Å². The third-order valence-electron chi connectivity index (χ3n) is 5.10. The van der Waals surface area contributed by atoms with Gasteiger partial charge in [0.05, 0.1) is 13.3 Å². The Kier molecular flexibility index (Phi) is 8.17. The van der Waals surface area contributed by atoms with E-state index in [2.05, 4.69) is 21.2 Å². The zero-order valence-electron chi connectivity index (χ0n) is 19.9. The Morgan fingerprint density at radius 2 is 1.81 bits per heavy atom. The molecular weight excluding hydrogens is 480 g/mol. The van der Waals surface area contributed by atoms with Crippen LogP contribution < -0.4 is 35.0 Å².